The average molecular weight is 263 g/mol. The molecule has 0 saturated carbocycles. The van der Waals surface area contributed by atoms with Gasteiger partial charge < -0.3 is 16.2 Å². The number of nitrogens with two attached hydrogens (primary N) is 1. The van der Waals surface area contributed by atoms with Gasteiger partial charge in [0.2, 0.25) is 0 Å². The van der Waals surface area contributed by atoms with E-state index in [1.54, 1.807) is 24.3 Å². The van der Waals surface area contributed by atoms with Crippen molar-refractivity contribution in [2.45, 2.75) is 0 Å². The number of halogens is 1. The number of amides is 1. The van der Waals surface area contributed by atoms with E-state index in [9.17, 15) is 9.90 Å². The molecule has 2 aromatic carbocycles. The predicted molar refractivity (Wildman–Crippen MR) is 71.9 cm³/mol. The van der Waals surface area contributed by atoms with Crippen molar-refractivity contribution >= 4 is 28.9 Å². The quantitative estimate of drug-likeness (QED) is 0.575. The van der Waals surface area contributed by atoms with Crippen LogP contribution in [0.5, 0.6) is 5.75 Å². The Balaban J connectivity index is 2.22. The first-order valence-electron chi connectivity index (χ1n) is 5.22. The Kier molecular flexibility index (Phi) is 3.39. The van der Waals surface area contributed by atoms with Gasteiger partial charge in [-0.15, -0.1) is 0 Å². The van der Waals surface area contributed by atoms with Crippen LogP contribution < -0.4 is 11.1 Å². The SMILES string of the molecule is Nc1cc(C(=O)Nc2ccccc2Cl)ccc1O. The van der Waals surface area contributed by atoms with E-state index in [0.717, 1.165) is 0 Å². The molecular formula is C13H11ClN2O2. The molecule has 0 aliphatic carbocycles. The number of rotatable bonds is 2. The van der Waals surface area contributed by atoms with E-state index in [-0.39, 0.29) is 17.3 Å². The van der Waals surface area contributed by atoms with Crippen molar-refractivity contribution in [3.05, 3.63) is 53.1 Å². The van der Waals surface area contributed by atoms with Crippen LogP contribution >= 0.6 is 11.6 Å². The number of aromatic hydroxyl groups is 1. The third-order valence-corrected chi connectivity index (χ3v) is 2.74. The first-order chi connectivity index (χ1) is 8.58. The molecule has 0 heterocycles. The van der Waals surface area contributed by atoms with Gasteiger partial charge in [-0.05, 0) is 30.3 Å². The van der Waals surface area contributed by atoms with Gasteiger partial charge in [0.25, 0.3) is 5.91 Å². The van der Waals surface area contributed by atoms with Gasteiger partial charge in [0, 0.05) is 5.56 Å². The maximum Gasteiger partial charge on any atom is 0.255 e. The Morgan fingerprint density at radius 2 is 1.94 bits per heavy atom. The predicted octanol–water partition coefficient (Wildman–Crippen LogP) is 2.88. The van der Waals surface area contributed by atoms with E-state index < -0.39 is 0 Å². The molecule has 0 fully saturated rings. The Hall–Kier alpha value is -2.20. The fourth-order valence-electron chi connectivity index (χ4n) is 1.45. The molecule has 4 nitrogen and oxygen atoms in total. The molecule has 2 aromatic rings. The van der Waals surface area contributed by atoms with Crippen molar-refractivity contribution < 1.29 is 9.90 Å². The molecule has 2 rings (SSSR count). The Morgan fingerprint density at radius 1 is 1.22 bits per heavy atom. The zero-order chi connectivity index (χ0) is 13.1. The van der Waals surface area contributed by atoms with E-state index in [1.165, 1.54) is 18.2 Å². The third-order valence-electron chi connectivity index (χ3n) is 2.41. The molecule has 0 radical (unpaired) electrons. The van der Waals surface area contributed by atoms with Gasteiger partial charge in [-0.25, -0.2) is 0 Å². The first kappa shape index (κ1) is 12.3. The molecule has 0 saturated heterocycles. The minimum absolute atomic E-state index is 0.0516. The summed E-state index contributed by atoms with van der Waals surface area (Å²) in [5.41, 5.74) is 6.56. The topological polar surface area (TPSA) is 75.4 Å². The van der Waals surface area contributed by atoms with Crippen molar-refractivity contribution in [3.63, 3.8) is 0 Å². The molecule has 0 aliphatic heterocycles. The maximum absolute atomic E-state index is 11.9. The molecule has 0 aliphatic rings. The molecule has 0 atom stereocenters. The number of nitrogens with one attached hydrogen (secondary N) is 1. The number of hydrogen-bond donors (Lipinski definition) is 3. The van der Waals surface area contributed by atoms with Crippen LogP contribution in [0.25, 0.3) is 0 Å². The van der Waals surface area contributed by atoms with E-state index in [0.29, 0.717) is 16.3 Å². The summed E-state index contributed by atoms with van der Waals surface area (Å²) in [7, 11) is 0. The van der Waals surface area contributed by atoms with E-state index >= 15 is 0 Å². The van der Waals surface area contributed by atoms with Gasteiger partial charge >= 0.3 is 0 Å². The van der Waals surface area contributed by atoms with E-state index in [4.69, 9.17) is 17.3 Å². The van der Waals surface area contributed by atoms with Crippen molar-refractivity contribution in [2.24, 2.45) is 0 Å². The number of benzene rings is 2. The number of phenolic OH excluding ortho intramolecular Hbond substituents is 1. The summed E-state index contributed by atoms with van der Waals surface area (Å²) >= 11 is 5.93. The van der Waals surface area contributed by atoms with Crippen LogP contribution in [-0.4, -0.2) is 11.0 Å². The highest BCUT2D eigenvalue weighted by Crippen LogP contribution is 2.23. The fraction of sp³-hybridized carbons (Fsp3) is 0. The van der Waals surface area contributed by atoms with Crippen molar-refractivity contribution in [2.75, 3.05) is 11.1 Å². The van der Waals surface area contributed by atoms with Crippen LogP contribution in [-0.2, 0) is 0 Å². The minimum Gasteiger partial charge on any atom is -0.506 e. The standard InChI is InChI=1S/C13H11ClN2O2/c14-9-3-1-2-4-11(9)16-13(18)8-5-6-12(17)10(15)7-8/h1-7,17H,15H2,(H,16,18). The van der Waals surface area contributed by atoms with Crippen LogP contribution in [0, 0.1) is 0 Å². The summed E-state index contributed by atoms with van der Waals surface area (Å²) in [6, 6.07) is 11.2. The normalized spacial score (nSPS) is 10.1. The van der Waals surface area contributed by atoms with Crippen LogP contribution in [0.4, 0.5) is 11.4 Å². The lowest BCUT2D eigenvalue weighted by Gasteiger charge is -2.07. The summed E-state index contributed by atoms with van der Waals surface area (Å²) in [6.45, 7) is 0. The molecule has 0 unspecified atom stereocenters. The maximum atomic E-state index is 11.9. The van der Waals surface area contributed by atoms with Crippen molar-refractivity contribution in [1.82, 2.24) is 0 Å². The highest BCUT2D eigenvalue weighted by Gasteiger charge is 2.09. The Labute approximate surface area is 109 Å². The lowest BCUT2D eigenvalue weighted by atomic mass is 10.1. The third kappa shape index (κ3) is 2.55. The lowest BCUT2D eigenvalue weighted by Crippen LogP contribution is -2.12. The largest absolute Gasteiger partial charge is 0.506 e. The van der Waals surface area contributed by atoms with Gasteiger partial charge in [-0.3, -0.25) is 4.79 Å². The highest BCUT2D eigenvalue weighted by atomic mass is 35.5. The number of nitrogen functional groups attached to an aromatic ring is 1. The minimum atomic E-state index is -0.338. The zero-order valence-electron chi connectivity index (χ0n) is 9.35. The van der Waals surface area contributed by atoms with Crippen molar-refractivity contribution in [3.8, 4) is 5.75 Å². The average Bonchev–Trinajstić information content (AvgIpc) is 2.35. The molecule has 0 aromatic heterocycles. The van der Waals surface area contributed by atoms with Gasteiger partial charge in [-0.2, -0.15) is 0 Å². The number of carbonyl (C=O) groups excluding carboxylic acids is 1. The molecule has 0 bridgehead atoms. The Bertz CT molecular complexity index is 599. The second kappa shape index (κ2) is 4.98. The smallest absolute Gasteiger partial charge is 0.255 e. The molecule has 18 heavy (non-hydrogen) atoms. The monoisotopic (exact) mass is 262 g/mol. The molecule has 0 spiro atoms. The summed E-state index contributed by atoms with van der Waals surface area (Å²) < 4.78 is 0. The van der Waals surface area contributed by atoms with Crippen LogP contribution in [0.2, 0.25) is 5.02 Å². The molecule has 4 N–H and O–H groups in total. The number of para-hydroxylation sites is 1. The Morgan fingerprint density at radius 3 is 2.61 bits per heavy atom. The van der Waals surface area contributed by atoms with Gasteiger partial charge in [0.05, 0.1) is 16.4 Å². The summed E-state index contributed by atoms with van der Waals surface area (Å²) in [4.78, 5) is 11.9. The van der Waals surface area contributed by atoms with Gasteiger partial charge in [0.1, 0.15) is 5.75 Å². The van der Waals surface area contributed by atoms with Crippen LogP contribution in [0.15, 0.2) is 42.5 Å². The number of anilines is 2. The van der Waals surface area contributed by atoms with Crippen LogP contribution in [0.1, 0.15) is 10.4 Å². The van der Waals surface area contributed by atoms with Crippen molar-refractivity contribution in [1.29, 1.82) is 0 Å². The van der Waals surface area contributed by atoms with Crippen LogP contribution in [0.3, 0.4) is 0 Å². The summed E-state index contributed by atoms with van der Waals surface area (Å²) in [5.74, 6) is -0.390. The van der Waals surface area contributed by atoms with E-state index in [1.807, 2.05) is 0 Å². The summed E-state index contributed by atoms with van der Waals surface area (Å²) in [5, 5.41) is 12.4. The summed E-state index contributed by atoms with van der Waals surface area (Å²) in [6.07, 6.45) is 0. The molecule has 5 heteroatoms. The second-order valence-electron chi connectivity index (χ2n) is 3.71. The lowest BCUT2D eigenvalue weighted by molar-refractivity contribution is 0.102. The van der Waals surface area contributed by atoms with Gasteiger partial charge in [-0.1, -0.05) is 23.7 Å². The van der Waals surface area contributed by atoms with Gasteiger partial charge in [0.15, 0.2) is 0 Å². The molecule has 92 valence electrons. The number of carbonyl (C=O) groups is 1. The fourth-order valence-corrected chi connectivity index (χ4v) is 1.64. The molecule has 1 amide bonds. The zero-order valence-corrected chi connectivity index (χ0v) is 10.1. The second-order valence-corrected chi connectivity index (χ2v) is 4.11. The number of phenols is 1. The van der Waals surface area contributed by atoms with E-state index in [2.05, 4.69) is 5.32 Å². The first-order valence-corrected chi connectivity index (χ1v) is 5.60. The number of hydrogen-bond acceptors (Lipinski definition) is 3. The highest BCUT2D eigenvalue weighted by molar-refractivity contribution is 6.33. The molecular weight excluding hydrogens is 252 g/mol.